The first kappa shape index (κ1) is 11.2. The van der Waals surface area contributed by atoms with Gasteiger partial charge in [0.15, 0.2) is 0 Å². The van der Waals surface area contributed by atoms with Crippen molar-refractivity contribution < 1.29 is 8.42 Å². The molecule has 86 valence electrons. The molecule has 1 saturated heterocycles. The van der Waals surface area contributed by atoms with Crippen molar-refractivity contribution in [2.45, 2.75) is 24.7 Å². The van der Waals surface area contributed by atoms with Crippen LogP contribution in [0.4, 0.5) is 0 Å². The predicted molar refractivity (Wildman–Crippen MR) is 63.4 cm³/mol. The SMILES string of the molecule is C=C1CCCN1S(=O)(=O)c1ccc(C)cc1. The van der Waals surface area contributed by atoms with Gasteiger partial charge in [0.2, 0.25) is 0 Å². The van der Waals surface area contributed by atoms with Crippen LogP contribution in [-0.2, 0) is 10.0 Å². The second-order valence-corrected chi connectivity index (χ2v) is 5.92. The van der Waals surface area contributed by atoms with Crippen molar-refractivity contribution in [1.29, 1.82) is 0 Å². The maximum Gasteiger partial charge on any atom is 0.264 e. The summed E-state index contributed by atoms with van der Waals surface area (Å²) in [6.07, 6.45) is 1.63. The summed E-state index contributed by atoms with van der Waals surface area (Å²) in [5.41, 5.74) is 1.75. The van der Waals surface area contributed by atoms with Gasteiger partial charge in [-0.05, 0) is 31.9 Å². The summed E-state index contributed by atoms with van der Waals surface area (Å²) >= 11 is 0. The number of sulfonamides is 1. The van der Waals surface area contributed by atoms with Crippen LogP contribution in [0.2, 0.25) is 0 Å². The molecule has 1 aliphatic rings. The number of rotatable bonds is 2. The lowest BCUT2D eigenvalue weighted by Crippen LogP contribution is -2.26. The molecule has 0 aliphatic carbocycles. The molecule has 0 unspecified atom stereocenters. The van der Waals surface area contributed by atoms with Gasteiger partial charge in [-0.2, -0.15) is 0 Å². The monoisotopic (exact) mass is 237 g/mol. The van der Waals surface area contributed by atoms with Gasteiger partial charge in [-0.25, -0.2) is 8.42 Å². The Balaban J connectivity index is 2.39. The third kappa shape index (κ3) is 1.85. The zero-order valence-electron chi connectivity index (χ0n) is 9.31. The molecule has 0 aromatic heterocycles. The number of aryl methyl sites for hydroxylation is 1. The molecule has 1 aliphatic heterocycles. The minimum atomic E-state index is -3.37. The summed E-state index contributed by atoms with van der Waals surface area (Å²) in [5.74, 6) is 0. The minimum Gasteiger partial charge on any atom is -0.271 e. The highest BCUT2D eigenvalue weighted by Gasteiger charge is 2.28. The van der Waals surface area contributed by atoms with Crippen LogP contribution >= 0.6 is 0 Å². The molecule has 1 heterocycles. The molecule has 4 heteroatoms. The Labute approximate surface area is 96.4 Å². The first-order valence-electron chi connectivity index (χ1n) is 5.29. The molecular weight excluding hydrogens is 222 g/mol. The fraction of sp³-hybridized carbons (Fsp3) is 0.333. The zero-order chi connectivity index (χ0) is 11.8. The third-order valence-corrected chi connectivity index (χ3v) is 4.68. The Morgan fingerprint density at radius 1 is 1.25 bits per heavy atom. The van der Waals surface area contributed by atoms with E-state index < -0.39 is 10.0 Å². The van der Waals surface area contributed by atoms with E-state index in [2.05, 4.69) is 6.58 Å². The number of hydrogen-bond donors (Lipinski definition) is 0. The van der Waals surface area contributed by atoms with Crippen LogP contribution in [0.1, 0.15) is 18.4 Å². The highest BCUT2D eigenvalue weighted by molar-refractivity contribution is 7.89. The van der Waals surface area contributed by atoms with E-state index in [4.69, 9.17) is 0 Å². The zero-order valence-corrected chi connectivity index (χ0v) is 10.1. The van der Waals surface area contributed by atoms with Crippen LogP contribution in [0.5, 0.6) is 0 Å². The number of allylic oxidation sites excluding steroid dienone is 1. The molecule has 2 rings (SSSR count). The molecular formula is C12H15NO2S. The molecule has 3 nitrogen and oxygen atoms in total. The first-order chi connectivity index (χ1) is 7.51. The average Bonchev–Trinajstić information content (AvgIpc) is 2.66. The second-order valence-electron chi connectivity index (χ2n) is 4.06. The van der Waals surface area contributed by atoms with Gasteiger partial charge in [-0.3, -0.25) is 4.31 Å². The highest BCUT2D eigenvalue weighted by Crippen LogP contribution is 2.27. The Morgan fingerprint density at radius 2 is 1.88 bits per heavy atom. The summed E-state index contributed by atoms with van der Waals surface area (Å²) in [5, 5.41) is 0. The van der Waals surface area contributed by atoms with Crippen molar-refractivity contribution >= 4 is 10.0 Å². The maximum absolute atomic E-state index is 12.2. The van der Waals surface area contributed by atoms with Crippen LogP contribution in [0.15, 0.2) is 41.4 Å². The quantitative estimate of drug-likeness (QED) is 0.791. The Morgan fingerprint density at radius 3 is 2.38 bits per heavy atom. The van der Waals surface area contributed by atoms with Gasteiger partial charge in [0.05, 0.1) is 4.90 Å². The Hall–Kier alpha value is -1.29. The van der Waals surface area contributed by atoms with Gasteiger partial charge >= 0.3 is 0 Å². The van der Waals surface area contributed by atoms with Crippen LogP contribution in [-0.4, -0.2) is 19.3 Å². The van der Waals surface area contributed by atoms with Crippen molar-refractivity contribution in [3.8, 4) is 0 Å². The van der Waals surface area contributed by atoms with E-state index in [0.717, 1.165) is 18.4 Å². The van der Waals surface area contributed by atoms with Crippen molar-refractivity contribution in [2.75, 3.05) is 6.54 Å². The lowest BCUT2D eigenvalue weighted by atomic mass is 10.2. The smallest absolute Gasteiger partial charge is 0.264 e. The Kier molecular flexibility index (Phi) is 2.76. The summed E-state index contributed by atoms with van der Waals surface area (Å²) in [7, 11) is -3.37. The Bertz CT molecular complexity index is 502. The summed E-state index contributed by atoms with van der Waals surface area (Å²) in [6, 6.07) is 6.92. The van der Waals surface area contributed by atoms with Gasteiger partial charge in [0.25, 0.3) is 10.0 Å². The van der Waals surface area contributed by atoms with E-state index in [-0.39, 0.29) is 0 Å². The van der Waals surface area contributed by atoms with Crippen LogP contribution in [0.25, 0.3) is 0 Å². The highest BCUT2D eigenvalue weighted by atomic mass is 32.2. The van der Waals surface area contributed by atoms with Crippen molar-refractivity contribution in [3.05, 3.63) is 42.1 Å². The van der Waals surface area contributed by atoms with Crippen molar-refractivity contribution in [3.63, 3.8) is 0 Å². The molecule has 0 saturated carbocycles. The third-order valence-electron chi connectivity index (χ3n) is 2.79. The molecule has 0 N–H and O–H groups in total. The van der Waals surface area contributed by atoms with E-state index >= 15 is 0 Å². The fourth-order valence-corrected chi connectivity index (χ4v) is 3.37. The molecule has 0 radical (unpaired) electrons. The van der Waals surface area contributed by atoms with E-state index in [1.165, 1.54) is 4.31 Å². The summed E-state index contributed by atoms with van der Waals surface area (Å²) in [4.78, 5) is 0.348. The van der Waals surface area contributed by atoms with Crippen LogP contribution in [0, 0.1) is 6.92 Å². The van der Waals surface area contributed by atoms with E-state index in [1.54, 1.807) is 12.1 Å². The summed E-state index contributed by atoms with van der Waals surface area (Å²) in [6.45, 7) is 6.28. The topological polar surface area (TPSA) is 37.4 Å². The van der Waals surface area contributed by atoms with Gasteiger partial charge < -0.3 is 0 Å². The molecule has 16 heavy (non-hydrogen) atoms. The molecule has 0 spiro atoms. The van der Waals surface area contributed by atoms with E-state index in [9.17, 15) is 8.42 Å². The standard InChI is InChI=1S/C12H15NO2S/c1-10-5-7-12(8-6-10)16(14,15)13-9-3-4-11(13)2/h5-8H,2-4,9H2,1H3. The van der Waals surface area contributed by atoms with Gasteiger partial charge in [-0.15, -0.1) is 0 Å². The van der Waals surface area contributed by atoms with Gasteiger partial charge in [-0.1, -0.05) is 24.3 Å². The molecule has 1 fully saturated rings. The maximum atomic E-state index is 12.2. The van der Waals surface area contributed by atoms with Crippen LogP contribution < -0.4 is 0 Å². The normalized spacial score (nSPS) is 16.8. The van der Waals surface area contributed by atoms with Crippen molar-refractivity contribution in [1.82, 2.24) is 4.31 Å². The van der Waals surface area contributed by atoms with Gasteiger partial charge in [0, 0.05) is 12.2 Å². The predicted octanol–water partition coefficient (Wildman–Crippen LogP) is 2.29. The van der Waals surface area contributed by atoms with Crippen molar-refractivity contribution in [2.24, 2.45) is 0 Å². The average molecular weight is 237 g/mol. The molecule has 1 aromatic carbocycles. The fourth-order valence-electron chi connectivity index (χ4n) is 1.84. The van der Waals surface area contributed by atoms with Gasteiger partial charge in [0.1, 0.15) is 0 Å². The lowest BCUT2D eigenvalue weighted by molar-refractivity contribution is 0.511. The van der Waals surface area contributed by atoms with E-state index in [0.29, 0.717) is 17.1 Å². The number of hydrogen-bond acceptors (Lipinski definition) is 2. The first-order valence-corrected chi connectivity index (χ1v) is 6.73. The minimum absolute atomic E-state index is 0.348. The second kappa shape index (κ2) is 3.94. The molecule has 0 bridgehead atoms. The van der Waals surface area contributed by atoms with Crippen LogP contribution in [0.3, 0.4) is 0 Å². The lowest BCUT2D eigenvalue weighted by Gasteiger charge is -2.19. The number of benzene rings is 1. The summed E-state index contributed by atoms with van der Waals surface area (Å²) < 4.78 is 25.9. The molecule has 0 atom stereocenters. The number of nitrogens with zero attached hydrogens (tertiary/aromatic N) is 1. The molecule has 0 amide bonds. The largest absolute Gasteiger partial charge is 0.271 e. The molecule has 1 aromatic rings. The van der Waals surface area contributed by atoms with E-state index in [1.807, 2.05) is 19.1 Å².